The third-order valence-corrected chi connectivity index (χ3v) is 7.43. The first-order valence-corrected chi connectivity index (χ1v) is 14.4. The summed E-state index contributed by atoms with van der Waals surface area (Å²) in [4.78, 5) is 18.6. The predicted octanol–water partition coefficient (Wildman–Crippen LogP) is 6.36. The smallest absolute Gasteiger partial charge is 0.296 e. The van der Waals surface area contributed by atoms with Crippen molar-refractivity contribution in [3.63, 3.8) is 0 Å². The fourth-order valence-corrected chi connectivity index (χ4v) is 4.93. The van der Waals surface area contributed by atoms with Gasteiger partial charge in [0.15, 0.2) is 11.6 Å². The quantitative estimate of drug-likeness (QED) is 0.143. The number of benzene rings is 3. The van der Waals surface area contributed by atoms with Gasteiger partial charge in [-0.3, -0.25) is 8.98 Å². The number of pyridine rings is 1. The van der Waals surface area contributed by atoms with Crippen LogP contribution in [0, 0.1) is 19.7 Å². The molecule has 0 N–H and O–H groups in total. The van der Waals surface area contributed by atoms with Crippen LogP contribution in [0.15, 0.2) is 90.0 Å². The molecule has 1 aromatic heterocycles. The van der Waals surface area contributed by atoms with Crippen LogP contribution in [0.3, 0.4) is 0 Å². The zero-order valence-electron chi connectivity index (χ0n) is 23.0. The van der Waals surface area contributed by atoms with E-state index in [9.17, 15) is 17.6 Å². The Hall–Kier alpha value is -4.28. The Morgan fingerprint density at radius 1 is 0.902 bits per heavy atom. The molecule has 1 heterocycles. The molecule has 0 atom stereocenters. The SMILES string of the molecule is CC(=O)N(Cc1cc(C)ccc1OCCCOS(=O)(=O)c1ccc(C)cc1)c1cccnc1Oc1ccccc1F. The van der Waals surface area contributed by atoms with E-state index in [1.54, 1.807) is 42.5 Å². The number of carbonyl (C=O) groups excluding carboxylic acids is 1. The number of hydrogen-bond acceptors (Lipinski definition) is 7. The minimum absolute atomic E-state index is 0.0119. The summed E-state index contributed by atoms with van der Waals surface area (Å²) in [6.45, 7) is 5.48. The summed E-state index contributed by atoms with van der Waals surface area (Å²) in [6, 6.07) is 21.3. The van der Waals surface area contributed by atoms with E-state index in [0.29, 0.717) is 23.4 Å². The Balaban J connectivity index is 1.45. The van der Waals surface area contributed by atoms with Gasteiger partial charge in [0.1, 0.15) is 11.4 Å². The largest absolute Gasteiger partial charge is 0.493 e. The molecule has 8 nitrogen and oxygen atoms in total. The number of ether oxygens (including phenoxy) is 2. The topological polar surface area (TPSA) is 95.0 Å². The van der Waals surface area contributed by atoms with Crippen LogP contribution in [0.5, 0.6) is 17.4 Å². The molecule has 0 aliphatic heterocycles. The number of amides is 1. The Morgan fingerprint density at radius 2 is 1.63 bits per heavy atom. The van der Waals surface area contributed by atoms with Crippen LogP contribution in [0.2, 0.25) is 0 Å². The van der Waals surface area contributed by atoms with Gasteiger partial charge in [-0.15, -0.1) is 0 Å². The van der Waals surface area contributed by atoms with E-state index in [1.165, 1.54) is 42.3 Å². The average Bonchev–Trinajstić information content (AvgIpc) is 2.94. The summed E-state index contributed by atoms with van der Waals surface area (Å²) >= 11 is 0. The lowest BCUT2D eigenvalue weighted by Gasteiger charge is -2.24. The third kappa shape index (κ3) is 7.90. The average molecular weight is 579 g/mol. The highest BCUT2D eigenvalue weighted by Crippen LogP contribution is 2.33. The lowest BCUT2D eigenvalue weighted by Crippen LogP contribution is -2.28. The summed E-state index contributed by atoms with van der Waals surface area (Å²) in [5.41, 5.74) is 2.99. The van der Waals surface area contributed by atoms with E-state index >= 15 is 0 Å². The number of halogens is 1. The zero-order chi connectivity index (χ0) is 29.4. The molecule has 0 unspecified atom stereocenters. The molecule has 0 spiro atoms. The van der Waals surface area contributed by atoms with E-state index in [0.717, 1.165) is 11.1 Å². The van der Waals surface area contributed by atoms with E-state index in [4.69, 9.17) is 13.7 Å². The molecule has 1 amide bonds. The van der Waals surface area contributed by atoms with Gasteiger partial charge in [-0.05, 0) is 56.3 Å². The zero-order valence-corrected chi connectivity index (χ0v) is 23.9. The highest BCUT2D eigenvalue weighted by Gasteiger charge is 2.21. The van der Waals surface area contributed by atoms with E-state index in [1.807, 2.05) is 26.0 Å². The molecular formula is C31H31FN2O6S. The third-order valence-electron chi connectivity index (χ3n) is 6.10. The number of hydrogen-bond donors (Lipinski definition) is 0. The maximum atomic E-state index is 14.3. The van der Waals surface area contributed by atoms with Crippen LogP contribution in [-0.4, -0.2) is 32.5 Å². The molecule has 3 aromatic carbocycles. The van der Waals surface area contributed by atoms with Crippen molar-refractivity contribution in [3.8, 4) is 17.4 Å². The van der Waals surface area contributed by atoms with Crippen LogP contribution >= 0.6 is 0 Å². The lowest BCUT2D eigenvalue weighted by atomic mass is 10.1. The Morgan fingerprint density at radius 3 is 2.37 bits per heavy atom. The normalized spacial score (nSPS) is 11.2. The highest BCUT2D eigenvalue weighted by atomic mass is 32.2. The first kappa shape index (κ1) is 29.7. The second kappa shape index (κ2) is 13.4. The number of rotatable bonds is 12. The minimum Gasteiger partial charge on any atom is -0.493 e. The lowest BCUT2D eigenvalue weighted by molar-refractivity contribution is -0.116. The first-order valence-electron chi connectivity index (χ1n) is 13.0. The van der Waals surface area contributed by atoms with Gasteiger partial charge in [0, 0.05) is 25.1 Å². The van der Waals surface area contributed by atoms with Gasteiger partial charge < -0.3 is 14.4 Å². The van der Waals surface area contributed by atoms with Crippen LogP contribution in [-0.2, 0) is 25.6 Å². The molecule has 0 saturated carbocycles. The molecule has 0 saturated heterocycles. The van der Waals surface area contributed by atoms with Crippen molar-refractivity contribution in [2.24, 2.45) is 0 Å². The van der Waals surface area contributed by atoms with Crippen LogP contribution in [0.4, 0.5) is 10.1 Å². The van der Waals surface area contributed by atoms with Gasteiger partial charge in [0.25, 0.3) is 10.1 Å². The molecule has 214 valence electrons. The monoisotopic (exact) mass is 578 g/mol. The van der Waals surface area contributed by atoms with Crippen molar-refractivity contribution in [3.05, 3.63) is 108 Å². The summed E-state index contributed by atoms with van der Waals surface area (Å²) in [5, 5.41) is 0. The molecule has 4 rings (SSSR count). The molecule has 0 aliphatic rings. The predicted molar refractivity (Wildman–Crippen MR) is 153 cm³/mol. The van der Waals surface area contributed by atoms with E-state index in [-0.39, 0.29) is 42.2 Å². The summed E-state index contributed by atoms with van der Waals surface area (Å²) in [5.74, 6) is -0.234. The van der Waals surface area contributed by atoms with Gasteiger partial charge in [0.2, 0.25) is 11.8 Å². The van der Waals surface area contributed by atoms with Gasteiger partial charge >= 0.3 is 0 Å². The van der Waals surface area contributed by atoms with Gasteiger partial charge in [0.05, 0.1) is 24.7 Å². The van der Waals surface area contributed by atoms with Crippen molar-refractivity contribution >= 4 is 21.7 Å². The molecule has 10 heteroatoms. The molecule has 4 aromatic rings. The van der Waals surface area contributed by atoms with Crippen molar-refractivity contribution in [1.82, 2.24) is 4.98 Å². The molecular weight excluding hydrogens is 547 g/mol. The molecule has 0 radical (unpaired) electrons. The van der Waals surface area contributed by atoms with Crippen molar-refractivity contribution in [2.45, 2.75) is 38.6 Å². The summed E-state index contributed by atoms with van der Waals surface area (Å²) < 4.78 is 56.0. The molecule has 0 aliphatic carbocycles. The fraction of sp³-hybridized carbons (Fsp3) is 0.226. The molecule has 41 heavy (non-hydrogen) atoms. The highest BCUT2D eigenvalue weighted by molar-refractivity contribution is 7.86. The molecule has 0 bridgehead atoms. The Labute approximate surface area is 239 Å². The number of anilines is 1. The van der Waals surface area contributed by atoms with Gasteiger partial charge in [-0.1, -0.05) is 47.5 Å². The Bertz CT molecular complexity index is 1610. The summed E-state index contributed by atoms with van der Waals surface area (Å²) in [7, 11) is -3.86. The van der Waals surface area contributed by atoms with Gasteiger partial charge in [-0.25, -0.2) is 9.37 Å². The number of nitrogens with zero attached hydrogens (tertiary/aromatic N) is 2. The standard InChI is InChI=1S/C31H31FN2O6S/c1-22-11-14-26(15-12-22)41(36,37)39-19-7-18-38-29-16-13-23(2)20-25(29)21-34(24(3)35)28-9-6-17-33-31(28)40-30-10-5-4-8-27(30)32/h4-6,8-17,20H,7,18-19,21H2,1-3H3. The minimum atomic E-state index is -3.86. The number of carbonyl (C=O) groups is 1. The Kier molecular flexibility index (Phi) is 9.69. The maximum absolute atomic E-state index is 14.3. The van der Waals surface area contributed by atoms with Crippen LogP contribution in [0.1, 0.15) is 30.0 Å². The summed E-state index contributed by atoms with van der Waals surface area (Å²) in [6.07, 6.45) is 1.82. The van der Waals surface area contributed by atoms with Gasteiger partial charge in [-0.2, -0.15) is 8.42 Å². The van der Waals surface area contributed by atoms with Crippen molar-refractivity contribution < 1.29 is 31.3 Å². The van der Waals surface area contributed by atoms with Crippen LogP contribution in [0.25, 0.3) is 0 Å². The number of aromatic nitrogens is 1. The van der Waals surface area contributed by atoms with Crippen molar-refractivity contribution in [1.29, 1.82) is 0 Å². The fourth-order valence-electron chi connectivity index (χ4n) is 3.99. The van der Waals surface area contributed by atoms with Crippen molar-refractivity contribution in [2.75, 3.05) is 18.1 Å². The van der Waals surface area contributed by atoms with E-state index < -0.39 is 15.9 Å². The number of para-hydroxylation sites is 1. The van der Waals surface area contributed by atoms with E-state index in [2.05, 4.69) is 4.98 Å². The maximum Gasteiger partial charge on any atom is 0.296 e. The molecule has 0 fully saturated rings. The first-order chi connectivity index (χ1) is 19.6. The second-order valence-electron chi connectivity index (χ2n) is 9.37. The number of aryl methyl sites for hydroxylation is 2. The van der Waals surface area contributed by atoms with Crippen LogP contribution < -0.4 is 14.4 Å². The second-order valence-corrected chi connectivity index (χ2v) is 11.0.